The van der Waals surface area contributed by atoms with E-state index >= 15 is 0 Å². The second-order valence-electron chi connectivity index (χ2n) is 1.63. The molecule has 0 aromatic carbocycles. The Labute approximate surface area is 55.5 Å². The molecule has 0 aromatic rings. The third kappa shape index (κ3) is 2.31. The maximum absolute atomic E-state index is 10.8. The lowest BCUT2D eigenvalue weighted by Gasteiger charge is -1.99. The molecule has 0 aliphatic carbocycles. The van der Waals surface area contributed by atoms with Crippen LogP contribution in [-0.2, 0) is 9.53 Å². The van der Waals surface area contributed by atoms with Gasteiger partial charge in [-0.15, -0.1) is 0 Å². The molecular formula is C7H12O2. The van der Waals surface area contributed by atoms with Crippen molar-refractivity contribution in [3.8, 4) is 0 Å². The summed E-state index contributed by atoms with van der Waals surface area (Å²) < 4.78 is 4.76. The number of allylic oxidation sites excluding steroid dienone is 2. The zero-order valence-electron chi connectivity index (χ0n) is 6.10. The van der Waals surface area contributed by atoms with E-state index in [2.05, 4.69) is 0 Å². The summed E-state index contributed by atoms with van der Waals surface area (Å²) in [6, 6.07) is 0. The second-order valence-corrected chi connectivity index (χ2v) is 1.63. The highest BCUT2D eigenvalue weighted by atomic mass is 16.5. The Morgan fingerprint density at radius 1 is 1.67 bits per heavy atom. The fourth-order valence-electron chi connectivity index (χ4n) is 0.567. The quantitative estimate of drug-likeness (QED) is 0.425. The van der Waals surface area contributed by atoms with Gasteiger partial charge in [0.1, 0.15) is 0 Å². The standard InChI is InChI=1S/C7H12O2/c1-4-6(8)7(5-2)9-3/h5H,4H2,1-3H3/b7-5-. The van der Waals surface area contributed by atoms with E-state index in [9.17, 15) is 4.79 Å². The summed E-state index contributed by atoms with van der Waals surface area (Å²) >= 11 is 0. The smallest absolute Gasteiger partial charge is 0.196 e. The molecule has 0 fully saturated rings. The number of ketones is 1. The van der Waals surface area contributed by atoms with E-state index < -0.39 is 0 Å². The van der Waals surface area contributed by atoms with Gasteiger partial charge in [-0.1, -0.05) is 6.92 Å². The first-order valence-corrected chi connectivity index (χ1v) is 2.99. The van der Waals surface area contributed by atoms with Gasteiger partial charge in [0, 0.05) is 6.42 Å². The lowest BCUT2D eigenvalue weighted by molar-refractivity contribution is -0.118. The van der Waals surface area contributed by atoms with Crippen molar-refractivity contribution in [2.24, 2.45) is 0 Å². The van der Waals surface area contributed by atoms with Gasteiger partial charge >= 0.3 is 0 Å². The number of ether oxygens (including phenoxy) is 1. The summed E-state index contributed by atoms with van der Waals surface area (Å²) in [5, 5.41) is 0. The summed E-state index contributed by atoms with van der Waals surface area (Å²) in [6.45, 7) is 3.59. The summed E-state index contributed by atoms with van der Waals surface area (Å²) in [4.78, 5) is 10.8. The summed E-state index contributed by atoms with van der Waals surface area (Å²) in [6.07, 6.45) is 2.18. The molecule has 0 saturated carbocycles. The van der Waals surface area contributed by atoms with Gasteiger partial charge < -0.3 is 4.74 Å². The van der Waals surface area contributed by atoms with Crippen molar-refractivity contribution in [2.45, 2.75) is 20.3 Å². The van der Waals surface area contributed by atoms with Crippen LogP contribution in [0.1, 0.15) is 20.3 Å². The summed E-state index contributed by atoms with van der Waals surface area (Å²) in [5.41, 5.74) is 0. The maximum atomic E-state index is 10.8. The Kier molecular flexibility index (Phi) is 3.76. The topological polar surface area (TPSA) is 26.3 Å². The number of hydrogen-bond acceptors (Lipinski definition) is 2. The van der Waals surface area contributed by atoms with E-state index in [1.54, 1.807) is 13.0 Å². The lowest BCUT2D eigenvalue weighted by Crippen LogP contribution is -2.01. The van der Waals surface area contributed by atoms with E-state index in [0.717, 1.165) is 0 Å². The largest absolute Gasteiger partial charge is 0.493 e. The van der Waals surface area contributed by atoms with Crippen molar-refractivity contribution in [2.75, 3.05) is 7.11 Å². The molecule has 0 heterocycles. The second kappa shape index (κ2) is 4.13. The van der Waals surface area contributed by atoms with Crippen molar-refractivity contribution in [3.63, 3.8) is 0 Å². The molecule has 0 aliphatic rings. The minimum Gasteiger partial charge on any atom is -0.493 e. The molecule has 2 heteroatoms. The highest BCUT2D eigenvalue weighted by Gasteiger charge is 2.03. The number of rotatable bonds is 3. The number of carbonyl (C=O) groups excluding carboxylic acids is 1. The first-order valence-electron chi connectivity index (χ1n) is 2.99. The minimum absolute atomic E-state index is 0.0556. The van der Waals surface area contributed by atoms with Crippen molar-refractivity contribution < 1.29 is 9.53 Å². The Bertz CT molecular complexity index is 125. The fourth-order valence-corrected chi connectivity index (χ4v) is 0.567. The van der Waals surface area contributed by atoms with Crippen LogP contribution in [0.3, 0.4) is 0 Å². The van der Waals surface area contributed by atoms with E-state index in [0.29, 0.717) is 12.2 Å². The van der Waals surface area contributed by atoms with Gasteiger partial charge in [-0.3, -0.25) is 4.79 Å². The third-order valence-corrected chi connectivity index (χ3v) is 1.08. The molecule has 0 amide bonds. The van der Waals surface area contributed by atoms with Crippen LogP contribution in [-0.4, -0.2) is 12.9 Å². The molecule has 52 valence electrons. The zero-order valence-corrected chi connectivity index (χ0v) is 6.10. The molecule has 0 atom stereocenters. The van der Waals surface area contributed by atoms with Gasteiger partial charge in [0.25, 0.3) is 0 Å². The van der Waals surface area contributed by atoms with Gasteiger partial charge in [0.05, 0.1) is 7.11 Å². The van der Waals surface area contributed by atoms with Crippen molar-refractivity contribution in [3.05, 3.63) is 11.8 Å². The van der Waals surface area contributed by atoms with Crippen molar-refractivity contribution >= 4 is 5.78 Å². The Morgan fingerprint density at radius 3 is 2.33 bits per heavy atom. The van der Waals surface area contributed by atoms with Crippen LogP contribution in [0.5, 0.6) is 0 Å². The Morgan fingerprint density at radius 2 is 2.22 bits per heavy atom. The van der Waals surface area contributed by atoms with Crippen LogP contribution in [0, 0.1) is 0 Å². The Hall–Kier alpha value is -0.790. The molecule has 9 heavy (non-hydrogen) atoms. The van der Waals surface area contributed by atoms with Gasteiger partial charge in [-0.25, -0.2) is 0 Å². The van der Waals surface area contributed by atoms with E-state index in [-0.39, 0.29) is 5.78 Å². The van der Waals surface area contributed by atoms with Crippen LogP contribution in [0.4, 0.5) is 0 Å². The normalized spacial score (nSPS) is 11.2. The van der Waals surface area contributed by atoms with E-state index in [1.165, 1.54) is 7.11 Å². The van der Waals surface area contributed by atoms with Crippen LogP contribution in [0.15, 0.2) is 11.8 Å². The van der Waals surface area contributed by atoms with E-state index in [1.807, 2.05) is 6.92 Å². The summed E-state index contributed by atoms with van der Waals surface area (Å²) in [5.74, 6) is 0.512. The number of Topliss-reactive ketones (excluding diaryl/α,β-unsaturated/α-hetero) is 1. The number of methoxy groups -OCH3 is 1. The van der Waals surface area contributed by atoms with Crippen LogP contribution < -0.4 is 0 Å². The molecule has 0 radical (unpaired) electrons. The van der Waals surface area contributed by atoms with Gasteiger partial charge in [0.15, 0.2) is 11.5 Å². The first kappa shape index (κ1) is 8.21. The molecule has 0 unspecified atom stereocenters. The molecule has 0 saturated heterocycles. The average Bonchev–Trinajstić information content (AvgIpc) is 1.90. The predicted molar refractivity (Wildman–Crippen MR) is 36.1 cm³/mol. The molecule has 0 aromatic heterocycles. The molecule has 0 bridgehead atoms. The first-order chi connectivity index (χ1) is 4.26. The van der Waals surface area contributed by atoms with Gasteiger partial charge in [-0.05, 0) is 13.0 Å². The SMILES string of the molecule is C/C=C(\OC)C(=O)CC. The van der Waals surface area contributed by atoms with Crippen LogP contribution >= 0.6 is 0 Å². The number of hydrogen-bond donors (Lipinski definition) is 0. The number of carbonyl (C=O) groups is 1. The van der Waals surface area contributed by atoms with Gasteiger partial charge in [0.2, 0.25) is 0 Å². The lowest BCUT2D eigenvalue weighted by atomic mass is 10.2. The highest BCUT2D eigenvalue weighted by Crippen LogP contribution is 1.98. The van der Waals surface area contributed by atoms with E-state index in [4.69, 9.17) is 4.74 Å². The molecular weight excluding hydrogens is 116 g/mol. The average molecular weight is 128 g/mol. The van der Waals surface area contributed by atoms with Crippen LogP contribution in [0.2, 0.25) is 0 Å². The molecule has 0 spiro atoms. The predicted octanol–water partition coefficient (Wildman–Crippen LogP) is 1.52. The molecule has 0 rings (SSSR count). The minimum atomic E-state index is 0.0556. The fraction of sp³-hybridized carbons (Fsp3) is 0.571. The van der Waals surface area contributed by atoms with Gasteiger partial charge in [-0.2, -0.15) is 0 Å². The van der Waals surface area contributed by atoms with Crippen molar-refractivity contribution in [1.82, 2.24) is 0 Å². The van der Waals surface area contributed by atoms with Crippen LogP contribution in [0.25, 0.3) is 0 Å². The summed E-state index contributed by atoms with van der Waals surface area (Å²) in [7, 11) is 1.50. The molecule has 0 N–H and O–H groups in total. The maximum Gasteiger partial charge on any atom is 0.196 e. The zero-order chi connectivity index (χ0) is 7.28. The van der Waals surface area contributed by atoms with Crippen molar-refractivity contribution in [1.29, 1.82) is 0 Å². The monoisotopic (exact) mass is 128 g/mol. The Balaban J connectivity index is 3.97. The molecule has 2 nitrogen and oxygen atoms in total. The highest BCUT2D eigenvalue weighted by molar-refractivity contribution is 5.92. The third-order valence-electron chi connectivity index (χ3n) is 1.08. The molecule has 0 aliphatic heterocycles.